The molecule has 0 atom stereocenters. The number of carbonyl (C=O) groups excluding carboxylic acids is 3. The van der Waals surface area contributed by atoms with Crippen LogP contribution in [-0.4, -0.2) is 52.5 Å². The zero-order valence-corrected chi connectivity index (χ0v) is 17.3. The van der Waals surface area contributed by atoms with Crippen molar-refractivity contribution in [3.05, 3.63) is 71.8 Å². The van der Waals surface area contributed by atoms with Gasteiger partial charge >= 0.3 is 0 Å². The molecule has 3 aromatic rings. The lowest BCUT2D eigenvalue weighted by atomic mass is 10.1. The number of carbonyl (C=O) groups is 3. The number of benzene rings is 2. The first-order chi connectivity index (χ1) is 15.6. The zero-order chi connectivity index (χ0) is 22.1. The van der Waals surface area contributed by atoms with Crippen LogP contribution >= 0.6 is 0 Å². The standard InChI is InChI=1S/C24H21N5O3/c30-22(15-29-23(31)18-8-1-2-9-19(18)24(29)32)25-17-7-5-6-16(14-17)20-10-11-21(27-26-20)28-12-3-4-13-28/h1-2,5-11,14H,3-4,12-13,15H2,(H,25,30). The van der Waals surface area contributed by atoms with Gasteiger partial charge in [-0.1, -0.05) is 24.3 Å². The number of nitrogens with one attached hydrogen (secondary N) is 1. The fourth-order valence-electron chi connectivity index (χ4n) is 4.08. The first-order valence-corrected chi connectivity index (χ1v) is 10.5. The Morgan fingerprint density at radius 1 is 0.875 bits per heavy atom. The van der Waals surface area contributed by atoms with Crippen molar-refractivity contribution in [1.29, 1.82) is 0 Å². The Balaban J connectivity index is 1.27. The van der Waals surface area contributed by atoms with Crippen LogP contribution in [0.1, 0.15) is 33.6 Å². The number of hydrogen-bond donors (Lipinski definition) is 1. The summed E-state index contributed by atoms with van der Waals surface area (Å²) in [5, 5.41) is 11.4. The molecule has 8 heteroatoms. The lowest BCUT2D eigenvalue weighted by Crippen LogP contribution is -2.37. The van der Waals surface area contributed by atoms with Gasteiger partial charge in [-0.25, -0.2) is 0 Å². The highest BCUT2D eigenvalue weighted by molar-refractivity contribution is 6.22. The van der Waals surface area contributed by atoms with Crippen LogP contribution in [0.2, 0.25) is 0 Å². The van der Waals surface area contributed by atoms with Crippen LogP contribution in [0.5, 0.6) is 0 Å². The smallest absolute Gasteiger partial charge is 0.262 e. The molecule has 2 aromatic carbocycles. The normalized spacial score (nSPS) is 15.2. The summed E-state index contributed by atoms with van der Waals surface area (Å²) in [6.45, 7) is 1.66. The number of aromatic nitrogens is 2. The largest absolute Gasteiger partial charge is 0.355 e. The van der Waals surface area contributed by atoms with Crippen LogP contribution < -0.4 is 10.2 Å². The van der Waals surface area contributed by atoms with Crippen LogP contribution in [0.4, 0.5) is 11.5 Å². The summed E-state index contributed by atoms with van der Waals surface area (Å²) in [4.78, 5) is 40.7. The Labute approximate surface area is 184 Å². The van der Waals surface area contributed by atoms with Crippen molar-refractivity contribution in [2.24, 2.45) is 0 Å². The van der Waals surface area contributed by atoms with Gasteiger partial charge in [0.15, 0.2) is 5.82 Å². The summed E-state index contributed by atoms with van der Waals surface area (Å²) in [7, 11) is 0. The van der Waals surface area contributed by atoms with E-state index in [-0.39, 0.29) is 6.54 Å². The molecule has 1 saturated heterocycles. The van der Waals surface area contributed by atoms with E-state index in [9.17, 15) is 14.4 Å². The molecule has 3 heterocycles. The zero-order valence-electron chi connectivity index (χ0n) is 17.3. The number of imide groups is 1. The van der Waals surface area contributed by atoms with Gasteiger partial charge < -0.3 is 10.2 Å². The molecule has 1 N–H and O–H groups in total. The number of rotatable bonds is 5. The predicted octanol–water partition coefficient (Wildman–Crippen LogP) is 2.98. The molecule has 0 spiro atoms. The quantitative estimate of drug-likeness (QED) is 0.629. The maximum absolute atomic E-state index is 12.6. The summed E-state index contributed by atoms with van der Waals surface area (Å²) < 4.78 is 0. The van der Waals surface area contributed by atoms with Crippen molar-refractivity contribution < 1.29 is 14.4 Å². The summed E-state index contributed by atoms with van der Waals surface area (Å²) in [6.07, 6.45) is 2.35. The molecule has 0 aliphatic carbocycles. The van der Waals surface area contributed by atoms with Gasteiger partial charge in [-0.3, -0.25) is 19.3 Å². The lowest BCUT2D eigenvalue weighted by Gasteiger charge is -2.15. The number of fused-ring (bicyclic) bond motifs is 1. The summed E-state index contributed by atoms with van der Waals surface area (Å²) in [5.41, 5.74) is 2.70. The number of hydrogen-bond acceptors (Lipinski definition) is 6. The minimum absolute atomic E-state index is 0.322. The van der Waals surface area contributed by atoms with Crippen molar-refractivity contribution in [1.82, 2.24) is 15.1 Å². The van der Waals surface area contributed by atoms with E-state index < -0.39 is 17.7 Å². The summed E-state index contributed by atoms with van der Waals surface area (Å²) in [5.74, 6) is -0.491. The maximum Gasteiger partial charge on any atom is 0.262 e. The van der Waals surface area contributed by atoms with E-state index in [2.05, 4.69) is 20.4 Å². The van der Waals surface area contributed by atoms with Crippen LogP contribution in [0.3, 0.4) is 0 Å². The molecule has 0 unspecified atom stereocenters. The van der Waals surface area contributed by atoms with Crippen LogP contribution in [0, 0.1) is 0 Å². The SMILES string of the molecule is O=C(CN1C(=O)c2ccccc2C1=O)Nc1cccc(-c2ccc(N3CCCC3)nn2)c1. The van der Waals surface area contributed by atoms with Crippen molar-refractivity contribution >= 4 is 29.2 Å². The predicted molar refractivity (Wildman–Crippen MR) is 119 cm³/mol. The molecule has 8 nitrogen and oxygen atoms in total. The van der Waals surface area contributed by atoms with Gasteiger partial charge in [-0.15, -0.1) is 10.2 Å². The van der Waals surface area contributed by atoms with E-state index in [4.69, 9.17) is 0 Å². The summed E-state index contributed by atoms with van der Waals surface area (Å²) >= 11 is 0. The monoisotopic (exact) mass is 427 g/mol. The number of anilines is 2. The minimum Gasteiger partial charge on any atom is -0.355 e. The Kier molecular flexibility index (Phi) is 5.10. The van der Waals surface area contributed by atoms with Gasteiger partial charge in [-0.05, 0) is 49.2 Å². The molecule has 3 amide bonds. The highest BCUT2D eigenvalue weighted by atomic mass is 16.2. The van der Waals surface area contributed by atoms with Gasteiger partial charge in [0, 0.05) is 24.3 Å². The van der Waals surface area contributed by atoms with Crippen LogP contribution in [0.25, 0.3) is 11.3 Å². The molecule has 32 heavy (non-hydrogen) atoms. The molecule has 2 aliphatic rings. The molecule has 0 saturated carbocycles. The van der Waals surface area contributed by atoms with Crippen molar-refractivity contribution in [3.63, 3.8) is 0 Å². The van der Waals surface area contributed by atoms with Gasteiger partial charge in [0.1, 0.15) is 6.54 Å². The Bertz CT molecular complexity index is 1170. The maximum atomic E-state index is 12.6. The first-order valence-electron chi connectivity index (χ1n) is 10.5. The summed E-state index contributed by atoms with van der Waals surface area (Å²) in [6, 6.07) is 17.7. The fourth-order valence-corrected chi connectivity index (χ4v) is 4.08. The second-order valence-corrected chi connectivity index (χ2v) is 7.84. The van der Waals surface area contributed by atoms with Gasteiger partial charge in [-0.2, -0.15) is 0 Å². The fraction of sp³-hybridized carbons (Fsp3) is 0.208. The molecule has 0 radical (unpaired) electrons. The van der Waals surface area contributed by atoms with Crippen molar-refractivity contribution in [2.45, 2.75) is 12.8 Å². The van der Waals surface area contributed by atoms with E-state index in [1.54, 1.807) is 36.4 Å². The average Bonchev–Trinajstić information content (AvgIpc) is 3.44. The van der Waals surface area contributed by atoms with E-state index in [0.717, 1.165) is 29.4 Å². The third kappa shape index (κ3) is 3.71. The lowest BCUT2D eigenvalue weighted by molar-refractivity contribution is -0.116. The van der Waals surface area contributed by atoms with E-state index in [1.165, 1.54) is 12.8 Å². The third-order valence-corrected chi connectivity index (χ3v) is 5.70. The number of nitrogens with zero attached hydrogens (tertiary/aromatic N) is 4. The second kappa shape index (κ2) is 8.22. The molecule has 2 aliphatic heterocycles. The van der Waals surface area contributed by atoms with Gasteiger partial charge in [0.2, 0.25) is 5.91 Å². The first kappa shape index (κ1) is 19.9. The minimum atomic E-state index is -0.456. The molecule has 1 aromatic heterocycles. The highest BCUT2D eigenvalue weighted by Gasteiger charge is 2.36. The van der Waals surface area contributed by atoms with E-state index in [0.29, 0.717) is 22.5 Å². The molecular formula is C24H21N5O3. The highest BCUT2D eigenvalue weighted by Crippen LogP contribution is 2.24. The molecule has 5 rings (SSSR count). The molecule has 0 bridgehead atoms. The third-order valence-electron chi connectivity index (χ3n) is 5.70. The Morgan fingerprint density at radius 3 is 2.25 bits per heavy atom. The van der Waals surface area contributed by atoms with Crippen molar-refractivity contribution in [3.8, 4) is 11.3 Å². The van der Waals surface area contributed by atoms with Crippen molar-refractivity contribution in [2.75, 3.05) is 29.9 Å². The van der Waals surface area contributed by atoms with Gasteiger partial charge in [0.05, 0.1) is 16.8 Å². The van der Waals surface area contributed by atoms with E-state index >= 15 is 0 Å². The Hall–Kier alpha value is -4.07. The molecule has 160 valence electrons. The molecule has 1 fully saturated rings. The van der Waals surface area contributed by atoms with E-state index in [1.807, 2.05) is 24.3 Å². The number of amides is 3. The molecular weight excluding hydrogens is 406 g/mol. The van der Waals surface area contributed by atoms with Crippen LogP contribution in [-0.2, 0) is 4.79 Å². The second-order valence-electron chi connectivity index (χ2n) is 7.84. The Morgan fingerprint density at radius 2 is 1.59 bits per heavy atom. The van der Waals surface area contributed by atoms with Gasteiger partial charge in [0.25, 0.3) is 11.8 Å². The topological polar surface area (TPSA) is 95.5 Å². The average molecular weight is 427 g/mol. The van der Waals surface area contributed by atoms with Crippen LogP contribution in [0.15, 0.2) is 60.7 Å².